The first-order chi connectivity index (χ1) is 8.94. The van der Waals surface area contributed by atoms with Crippen LogP contribution in [0.4, 0.5) is 0 Å². The molecule has 104 valence electrons. The molecule has 2 aliphatic rings. The summed E-state index contributed by atoms with van der Waals surface area (Å²) in [6.07, 6.45) is 4.07. The third-order valence-electron chi connectivity index (χ3n) is 4.02. The lowest BCUT2D eigenvalue weighted by molar-refractivity contribution is -0.140. The van der Waals surface area contributed by atoms with Crippen LogP contribution < -0.4 is 5.73 Å². The predicted octanol–water partition coefficient (Wildman–Crippen LogP) is 1.61. The topological polar surface area (TPSA) is 61.9 Å². The molecule has 0 aromatic carbocycles. The Labute approximate surface area is 118 Å². The SMILES string of the molecule is C=C(Cl)/N=C\C1=C(N)N2CCC[C@@]2(CC)C(=O)N1C. The van der Waals surface area contributed by atoms with Gasteiger partial charge >= 0.3 is 0 Å². The van der Waals surface area contributed by atoms with E-state index in [9.17, 15) is 4.79 Å². The Bertz CT molecular complexity index is 485. The molecule has 0 aliphatic carbocycles. The number of hydrogen-bond acceptors (Lipinski definition) is 4. The van der Waals surface area contributed by atoms with Gasteiger partial charge in [-0.15, -0.1) is 0 Å². The van der Waals surface area contributed by atoms with Crippen LogP contribution in [0.25, 0.3) is 0 Å². The molecule has 0 unspecified atom stereocenters. The van der Waals surface area contributed by atoms with Crippen LogP contribution in [0.3, 0.4) is 0 Å². The first-order valence-corrected chi connectivity index (χ1v) is 6.76. The highest BCUT2D eigenvalue weighted by Crippen LogP contribution is 2.40. The number of nitrogens with two attached hydrogens (primary N) is 1. The van der Waals surface area contributed by atoms with Crippen molar-refractivity contribution in [3.8, 4) is 0 Å². The highest BCUT2D eigenvalue weighted by atomic mass is 35.5. The van der Waals surface area contributed by atoms with E-state index < -0.39 is 5.54 Å². The molecule has 0 spiro atoms. The fourth-order valence-corrected chi connectivity index (χ4v) is 3.04. The maximum Gasteiger partial charge on any atom is 0.252 e. The summed E-state index contributed by atoms with van der Waals surface area (Å²) < 4.78 is 0. The molecule has 0 bridgehead atoms. The van der Waals surface area contributed by atoms with Crippen molar-refractivity contribution >= 4 is 23.7 Å². The van der Waals surface area contributed by atoms with Crippen molar-refractivity contribution < 1.29 is 4.79 Å². The second-order valence-corrected chi connectivity index (χ2v) is 5.35. The summed E-state index contributed by atoms with van der Waals surface area (Å²) in [6.45, 7) is 6.32. The van der Waals surface area contributed by atoms with Gasteiger partial charge in [-0.1, -0.05) is 25.1 Å². The maximum absolute atomic E-state index is 12.6. The summed E-state index contributed by atoms with van der Waals surface area (Å²) in [6, 6.07) is 0. The van der Waals surface area contributed by atoms with Gasteiger partial charge < -0.3 is 15.5 Å². The van der Waals surface area contributed by atoms with Crippen LogP contribution in [-0.4, -0.2) is 41.1 Å². The Balaban J connectivity index is 2.48. The predicted molar refractivity (Wildman–Crippen MR) is 76.4 cm³/mol. The van der Waals surface area contributed by atoms with Gasteiger partial charge in [0.05, 0.1) is 6.21 Å². The van der Waals surface area contributed by atoms with E-state index in [1.165, 1.54) is 6.21 Å². The Morgan fingerprint density at radius 3 is 2.95 bits per heavy atom. The van der Waals surface area contributed by atoms with Crippen LogP contribution >= 0.6 is 11.6 Å². The minimum absolute atomic E-state index is 0.0725. The molecule has 1 fully saturated rings. The Morgan fingerprint density at radius 2 is 2.37 bits per heavy atom. The molecule has 0 radical (unpaired) electrons. The van der Waals surface area contributed by atoms with Gasteiger partial charge in [0, 0.05) is 13.6 Å². The maximum atomic E-state index is 12.6. The van der Waals surface area contributed by atoms with Crippen LogP contribution in [0.2, 0.25) is 0 Å². The van der Waals surface area contributed by atoms with E-state index in [1.54, 1.807) is 11.9 Å². The quantitative estimate of drug-likeness (QED) is 0.632. The van der Waals surface area contributed by atoms with Crippen LogP contribution in [0.1, 0.15) is 26.2 Å². The lowest BCUT2D eigenvalue weighted by Gasteiger charge is -2.45. The number of fused-ring (bicyclic) bond motifs is 1. The summed E-state index contributed by atoms with van der Waals surface area (Å²) in [5.41, 5.74) is 6.31. The highest BCUT2D eigenvalue weighted by molar-refractivity contribution is 6.29. The minimum Gasteiger partial charge on any atom is -0.384 e. The number of hydrogen-bond donors (Lipinski definition) is 1. The van der Waals surface area contributed by atoms with Crippen molar-refractivity contribution in [3.63, 3.8) is 0 Å². The van der Waals surface area contributed by atoms with Gasteiger partial charge in [0.15, 0.2) is 0 Å². The van der Waals surface area contributed by atoms with Crippen molar-refractivity contribution in [2.24, 2.45) is 10.7 Å². The zero-order valence-electron chi connectivity index (χ0n) is 11.3. The van der Waals surface area contributed by atoms with Crippen LogP contribution in [0.5, 0.6) is 0 Å². The van der Waals surface area contributed by atoms with Crippen LogP contribution in [0.15, 0.2) is 28.2 Å². The Hall–Kier alpha value is -1.49. The molecule has 19 heavy (non-hydrogen) atoms. The monoisotopic (exact) mass is 282 g/mol. The van der Waals surface area contributed by atoms with Gasteiger partial charge in [-0.05, 0) is 19.3 Å². The van der Waals surface area contributed by atoms with Crippen molar-refractivity contribution in [2.75, 3.05) is 13.6 Å². The van der Waals surface area contributed by atoms with E-state index >= 15 is 0 Å². The van der Waals surface area contributed by atoms with Crippen molar-refractivity contribution in [1.82, 2.24) is 9.80 Å². The number of likely N-dealkylation sites (N-methyl/N-ethyl adjacent to an activating group) is 1. The lowest BCUT2D eigenvalue weighted by Crippen LogP contribution is -2.60. The molecule has 0 aromatic rings. The molecule has 1 atom stereocenters. The number of carbonyl (C=O) groups excluding carboxylic acids is 1. The molecule has 2 rings (SSSR count). The number of amides is 1. The van der Waals surface area contributed by atoms with Gasteiger partial charge in [-0.3, -0.25) is 4.79 Å². The molecule has 1 saturated heterocycles. The molecule has 2 aliphatic heterocycles. The van der Waals surface area contributed by atoms with Gasteiger partial charge in [-0.25, -0.2) is 4.99 Å². The van der Waals surface area contributed by atoms with Crippen LogP contribution in [0, 0.1) is 0 Å². The second-order valence-electron chi connectivity index (χ2n) is 4.91. The normalized spacial score (nSPS) is 27.4. The van der Waals surface area contributed by atoms with Crippen molar-refractivity contribution in [3.05, 3.63) is 23.3 Å². The largest absolute Gasteiger partial charge is 0.384 e. The van der Waals surface area contributed by atoms with Crippen LogP contribution in [-0.2, 0) is 4.79 Å². The fourth-order valence-electron chi connectivity index (χ4n) is 2.99. The third kappa shape index (κ3) is 2.02. The van der Waals surface area contributed by atoms with E-state index in [0.717, 1.165) is 25.8 Å². The summed E-state index contributed by atoms with van der Waals surface area (Å²) >= 11 is 5.62. The zero-order valence-corrected chi connectivity index (χ0v) is 12.1. The summed E-state index contributed by atoms with van der Waals surface area (Å²) in [4.78, 5) is 20.2. The van der Waals surface area contributed by atoms with Crippen molar-refractivity contribution in [2.45, 2.75) is 31.7 Å². The number of halogens is 1. The first-order valence-electron chi connectivity index (χ1n) is 6.38. The average Bonchev–Trinajstić information content (AvgIpc) is 2.81. The van der Waals surface area contributed by atoms with E-state index in [1.807, 2.05) is 11.8 Å². The number of aliphatic imine (C=N–C) groups is 1. The standard InChI is InChI=1S/C13H19ClN4O/c1-4-13-6-5-7-18(13)11(15)10(8-16-9(2)14)17(3)12(13)19/h8H,2,4-7,15H2,1,3H3/b16-8-/t13-/m0/s1. The average molecular weight is 283 g/mol. The summed E-state index contributed by atoms with van der Waals surface area (Å²) in [5.74, 6) is 0.659. The van der Waals surface area contributed by atoms with Gasteiger partial charge in [0.2, 0.25) is 0 Å². The molecule has 0 saturated carbocycles. The number of carbonyl (C=O) groups is 1. The molecule has 2 N–H and O–H groups in total. The Kier molecular flexibility index (Phi) is 3.58. The van der Waals surface area contributed by atoms with Gasteiger partial charge in [0.1, 0.15) is 22.2 Å². The molecule has 5 nitrogen and oxygen atoms in total. The molecular weight excluding hydrogens is 264 g/mol. The first kappa shape index (κ1) is 13.9. The van der Waals surface area contributed by atoms with E-state index in [2.05, 4.69) is 11.6 Å². The summed E-state index contributed by atoms with van der Waals surface area (Å²) in [5, 5.41) is 0.162. The smallest absolute Gasteiger partial charge is 0.252 e. The second kappa shape index (κ2) is 4.89. The van der Waals surface area contributed by atoms with Crippen molar-refractivity contribution in [1.29, 1.82) is 0 Å². The molecule has 2 heterocycles. The number of rotatable bonds is 3. The molecule has 1 amide bonds. The molecule has 6 heteroatoms. The third-order valence-corrected chi connectivity index (χ3v) is 4.12. The Morgan fingerprint density at radius 1 is 1.68 bits per heavy atom. The zero-order chi connectivity index (χ0) is 14.2. The highest BCUT2D eigenvalue weighted by Gasteiger charge is 2.51. The van der Waals surface area contributed by atoms with E-state index in [0.29, 0.717) is 11.5 Å². The lowest BCUT2D eigenvalue weighted by atomic mass is 9.89. The molecule has 0 aromatic heterocycles. The summed E-state index contributed by atoms with van der Waals surface area (Å²) in [7, 11) is 1.72. The fraction of sp³-hybridized carbons (Fsp3) is 0.538. The van der Waals surface area contributed by atoms with E-state index in [-0.39, 0.29) is 11.1 Å². The van der Waals surface area contributed by atoms with Gasteiger partial charge in [-0.2, -0.15) is 0 Å². The van der Waals surface area contributed by atoms with E-state index in [4.69, 9.17) is 17.3 Å². The van der Waals surface area contributed by atoms with Gasteiger partial charge in [0.25, 0.3) is 5.91 Å². The number of nitrogens with zero attached hydrogens (tertiary/aromatic N) is 3. The molecular formula is C13H19ClN4O. The minimum atomic E-state index is -0.478. The number of allylic oxidation sites excluding steroid dienone is 1.